The van der Waals surface area contributed by atoms with Crippen LogP contribution >= 0.6 is 0 Å². The minimum atomic E-state index is -0.335. The summed E-state index contributed by atoms with van der Waals surface area (Å²) in [6.45, 7) is 3.09. The number of nitrogens with one attached hydrogen (secondary N) is 1. The molecule has 0 spiro atoms. The number of likely N-dealkylation sites (tertiary alicyclic amines) is 1. The molecule has 0 aromatic carbocycles. The van der Waals surface area contributed by atoms with E-state index in [0.29, 0.717) is 13.0 Å². The molecule has 1 saturated heterocycles. The molecule has 1 aliphatic rings. The Bertz CT molecular complexity index is 299. The summed E-state index contributed by atoms with van der Waals surface area (Å²) >= 11 is 0. The van der Waals surface area contributed by atoms with Gasteiger partial charge in [0.25, 0.3) is 0 Å². The highest BCUT2D eigenvalue weighted by molar-refractivity contribution is 5.78. The van der Waals surface area contributed by atoms with Crippen LogP contribution in [0.3, 0.4) is 0 Å². The fourth-order valence-corrected chi connectivity index (χ4v) is 2.48. The number of carbonyl (C=O) groups excluding carboxylic acids is 1. The molecule has 2 unspecified atom stereocenters. The van der Waals surface area contributed by atoms with E-state index in [2.05, 4.69) is 10.2 Å². The molecule has 5 heteroatoms. The first-order valence-corrected chi connectivity index (χ1v) is 6.69. The second-order valence-corrected chi connectivity index (χ2v) is 4.99. The number of nitriles is 1. The SMILES string of the molecule is CC(O)CC1CCCCCN1CC(=O)NCC#N. The van der Waals surface area contributed by atoms with Crippen LogP contribution in [0.5, 0.6) is 0 Å². The lowest BCUT2D eigenvalue weighted by Crippen LogP contribution is -2.43. The van der Waals surface area contributed by atoms with Gasteiger partial charge in [-0.15, -0.1) is 0 Å². The zero-order chi connectivity index (χ0) is 13.4. The van der Waals surface area contributed by atoms with Crippen molar-refractivity contribution >= 4 is 5.91 Å². The zero-order valence-corrected chi connectivity index (χ0v) is 11.1. The van der Waals surface area contributed by atoms with Crippen molar-refractivity contribution in [3.05, 3.63) is 0 Å². The van der Waals surface area contributed by atoms with Gasteiger partial charge in [-0.2, -0.15) is 5.26 Å². The summed E-state index contributed by atoms with van der Waals surface area (Å²) in [6.07, 6.45) is 4.86. The standard InChI is InChI=1S/C13H23N3O2/c1-11(17)9-12-5-3-2-4-8-16(12)10-13(18)15-7-6-14/h11-12,17H,2-5,7-10H2,1H3,(H,15,18). The molecule has 0 aromatic rings. The second-order valence-electron chi connectivity index (χ2n) is 4.99. The number of aliphatic hydroxyl groups is 1. The number of carbonyl (C=O) groups is 1. The molecule has 102 valence electrons. The Morgan fingerprint density at radius 3 is 3.00 bits per heavy atom. The van der Waals surface area contributed by atoms with E-state index >= 15 is 0 Å². The summed E-state index contributed by atoms with van der Waals surface area (Å²) in [4.78, 5) is 13.8. The summed E-state index contributed by atoms with van der Waals surface area (Å²) in [5.74, 6) is -0.103. The van der Waals surface area contributed by atoms with Crippen molar-refractivity contribution in [3.63, 3.8) is 0 Å². The largest absolute Gasteiger partial charge is 0.393 e. The fourth-order valence-electron chi connectivity index (χ4n) is 2.48. The summed E-state index contributed by atoms with van der Waals surface area (Å²) < 4.78 is 0. The Kier molecular flexibility index (Phi) is 6.69. The third-order valence-electron chi connectivity index (χ3n) is 3.32. The summed E-state index contributed by atoms with van der Waals surface area (Å²) in [5.41, 5.74) is 0. The van der Waals surface area contributed by atoms with Crippen LogP contribution in [0.2, 0.25) is 0 Å². The molecule has 0 aromatic heterocycles. The number of rotatable bonds is 5. The van der Waals surface area contributed by atoms with Crippen LogP contribution in [0, 0.1) is 11.3 Å². The molecule has 5 nitrogen and oxygen atoms in total. The van der Waals surface area contributed by atoms with Crippen molar-refractivity contribution in [3.8, 4) is 6.07 Å². The molecule has 0 aliphatic carbocycles. The van der Waals surface area contributed by atoms with E-state index < -0.39 is 0 Å². The highest BCUT2D eigenvalue weighted by Gasteiger charge is 2.23. The van der Waals surface area contributed by atoms with Gasteiger partial charge in [-0.25, -0.2) is 0 Å². The van der Waals surface area contributed by atoms with Gasteiger partial charge in [0.1, 0.15) is 6.54 Å². The predicted octanol–water partition coefficient (Wildman–Crippen LogP) is 0.642. The minimum absolute atomic E-state index is 0.0632. The van der Waals surface area contributed by atoms with Gasteiger partial charge in [-0.05, 0) is 32.7 Å². The maximum Gasteiger partial charge on any atom is 0.235 e. The monoisotopic (exact) mass is 253 g/mol. The smallest absolute Gasteiger partial charge is 0.235 e. The van der Waals surface area contributed by atoms with Gasteiger partial charge in [-0.1, -0.05) is 12.8 Å². The van der Waals surface area contributed by atoms with Crippen LogP contribution in [-0.2, 0) is 4.79 Å². The first kappa shape index (κ1) is 14.9. The molecule has 1 aliphatic heterocycles. The molecule has 18 heavy (non-hydrogen) atoms. The van der Waals surface area contributed by atoms with Gasteiger partial charge in [-0.3, -0.25) is 9.69 Å². The van der Waals surface area contributed by atoms with E-state index in [1.807, 2.05) is 6.07 Å². The topological polar surface area (TPSA) is 76.4 Å². The third kappa shape index (κ3) is 5.48. The van der Waals surface area contributed by atoms with Crippen molar-refractivity contribution in [1.29, 1.82) is 5.26 Å². The predicted molar refractivity (Wildman–Crippen MR) is 68.7 cm³/mol. The first-order chi connectivity index (χ1) is 8.63. The Labute approximate surface area is 109 Å². The van der Waals surface area contributed by atoms with E-state index in [-0.39, 0.29) is 24.6 Å². The number of nitrogens with zero attached hydrogens (tertiary/aromatic N) is 2. The molecule has 2 N–H and O–H groups in total. The number of amides is 1. The highest BCUT2D eigenvalue weighted by Crippen LogP contribution is 2.20. The van der Waals surface area contributed by atoms with Gasteiger partial charge in [0.2, 0.25) is 5.91 Å². The van der Waals surface area contributed by atoms with Crippen molar-refractivity contribution < 1.29 is 9.90 Å². The fraction of sp³-hybridized carbons (Fsp3) is 0.846. The van der Waals surface area contributed by atoms with Gasteiger partial charge in [0.05, 0.1) is 18.7 Å². The van der Waals surface area contributed by atoms with E-state index in [9.17, 15) is 9.90 Å². The Morgan fingerprint density at radius 1 is 1.56 bits per heavy atom. The van der Waals surface area contributed by atoms with Crippen LogP contribution < -0.4 is 5.32 Å². The molecular weight excluding hydrogens is 230 g/mol. The van der Waals surface area contributed by atoms with Crippen molar-refractivity contribution in [2.45, 2.75) is 51.2 Å². The van der Waals surface area contributed by atoms with Crippen LogP contribution in [0.15, 0.2) is 0 Å². The lowest BCUT2D eigenvalue weighted by atomic mass is 10.0. The second kappa shape index (κ2) is 8.06. The minimum Gasteiger partial charge on any atom is -0.393 e. The Hall–Kier alpha value is -1.12. The average Bonchev–Trinajstić information content (AvgIpc) is 2.52. The number of aliphatic hydroxyl groups excluding tert-OH is 1. The molecule has 0 bridgehead atoms. The zero-order valence-electron chi connectivity index (χ0n) is 11.1. The van der Waals surface area contributed by atoms with Crippen molar-refractivity contribution in [2.24, 2.45) is 0 Å². The van der Waals surface area contributed by atoms with Gasteiger partial charge in [0, 0.05) is 6.04 Å². The summed E-state index contributed by atoms with van der Waals surface area (Å²) in [6, 6.07) is 2.18. The molecule has 0 saturated carbocycles. The Balaban J connectivity index is 2.51. The number of hydrogen-bond donors (Lipinski definition) is 2. The van der Waals surface area contributed by atoms with E-state index in [4.69, 9.17) is 5.26 Å². The summed E-state index contributed by atoms with van der Waals surface area (Å²) in [7, 11) is 0. The first-order valence-electron chi connectivity index (χ1n) is 6.69. The van der Waals surface area contributed by atoms with Crippen LogP contribution in [0.1, 0.15) is 39.0 Å². The van der Waals surface area contributed by atoms with Crippen LogP contribution in [-0.4, -0.2) is 47.7 Å². The van der Waals surface area contributed by atoms with E-state index in [1.165, 1.54) is 6.42 Å². The van der Waals surface area contributed by atoms with Crippen LogP contribution in [0.4, 0.5) is 0 Å². The summed E-state index contributed by atoms with van der Waals surface area (Å²) in [5, 5.41) is 20.5. The van der Waals surface area contributed by atoms with Gasteiger partial charge in [0.15, 0.2) is 0 Å². The van der Waals surface area contributed by atoms with E-state index in [1.54, 1.807) is 6.92 Å². The molecular formula is C13H23N3O2. The van der Waals surface area contributed by atoms with Crippen molar-refractivity contribution in [2.75, 3.05) is 19.6 Å². The molecule has 0 radical (unpaired) electrons. The molecule has 1 rings (SSSR count). The molecule has 1 fully saturated rings. The quantitative estimate of drug-likeness (QED) is 0.705. The van der Waals surface area contributed by atoms with E-state index in [0.717, 1.165) is 25.8 Å². The maximum absolute atomic E-state index is 11.6. The highest BCUT2D eigenvalue weighted by atomic mass is 16.3. The average molecular weight is 253 g/mol. The van der Waals surface area contributed by atoms with Crippen molar-refractivity contribution in [1.82, 2.24) is 10.2 Å². The van der Waals surface area contributed by atoms with Gasteiger partial charge < -0.3 is 10.4 Å². The van der Waals surface area contributed by atoms with Crippen LogP contribution in [0.25, 0.3) is 0 Å². The molecule has 2 atom stereocenters. The van der Waals surface area contributed by atoms with Gasteiger partial charge >= 0.3 is 0 Å². The molecule has 1 heterocycles. The lowest BCUT2D eigenvalue weighted by molar-refractivity contribution is -0.122. The maximum atomic E-state index is 11.6. The third-order valence-corrected chi connectivity index (χ3v) is 3.32. The number of hydrogen-bond acceptors (Lipinski definition) is 4. The lowest BCUT2D eigenvalue weighted by Gasteiger charge is -2.30. The Morgan fingerprint density at radius 2 is 2.33 bits per heavy atom. The molecule has 1 amide bonds. The normalized spacial score (nSPS) is 22.8.